The summed E-state index contributed by atoms with van der Waals surface area (Å²) in [6.07, 6.45) is 1.38. The number of anilines is 2. The second kappa shape index (κ2) is 10.1. The molecule has 1 saturated carbocycles. The van der Waals surface area contributed by atoms with Gasteiger partial charge in [0.15, 0.2) is 10.7 Å². The van der Waals surface area contributed by atoms with Gasteiger partial charge >= 0.3 is 5.97 Å². The number of rotatable bonds is 8. The number of hydrogen-bond acceptors (Lipinski definition) is 6. The van der Waals surface area contributed by atoms with Gasteiger partial charge < -0.3 is 19.5 Å². The van der Waals surface area contributed by atoms with Crippen molar-refractivity contribution in [3.8, 4) is 22.5 Å². The van der Waals surface area contributed by atoms with Crippen LogP contribution in [0.2, 0.25) is 0 Å². The summed E-state index contributed by atoms with van der Waals surface area (Å²) in [5, 5.41) is 17.5. The van der Waals surface area contributed by atoms with Gasteiger partial charge in [0.25, 0.3) is 5.03 Å². The van der Waals surface area contributed by atoms with E-state index in [-0.39, 0.29) is 0 Å². The molecule has 39 heavy (non-hydrogen) atoms. The Labute approximate surface area is 228 Å². The second-order valence-electron chi connectivity index (χ2n) is 9.58. The molecule has 1 aliphatic rings. The van der Waals surface area contributed by atoms with Crippen molar-refractivity contribution in [2.75, 3.05) is 5.32 Å². The maximum absolute atomic E-state index is 13.0. The summed E-state index contributed by atoms with van der Waals surface area (Å²) in [7, 11) is 0. The molecule has 6 rings (SSSR count). The quantitative estimate of drug-likeness (QED) is 0.212. The molecule has 0 aliphatic heterocycles. The second-order valence-corrected chi connectivity index (χ2v) is 11.0. The van der Waals surface area contributed by atoms with Crippen molar-refractivity contribution in [3.05, 3.63) is 108 Å². The van der Waals surface area contributed by atoms with Crippen LogP contribution in [0.4, 0.5) is 11.5 Å². The molecule has 3 aromatic carbocycles. The molecule has 0 radical (unpaired) electrons. The van der Waals surface area contributed by atoms with Crippen LogP contribution in [0.25, 0.3) is 22.5 Å². The topological polar surface area (TPSA) is 111 Å². The van der Waals surface area contributed by atoms with Gasteiger partial charge in [-0.25, -0.2) is 0 Å². The van der Waals surface area contributed by atoms with Crippen LogP contribution >= 0.6 is 0 Å². The number of carbonyl (C=O) groups is 1. The summed E-state index contributed by atoms with van der Waals surface area (Å²) in [5.74, 6) is 0.358. The fourth-order valence-electron chi connectivity index (χ4n) is 4.64. The highest BCUT2D eigenvalue weighted by Gasteiger charge is 2.51. The van der Waals surface area contributed by atoms with E-state index in [4.69, 9.17) is 4.52 Å². The lowest BCUT2D eigenvalue weighted by atomic mass is 9.93. The van der Waals surface area contributed by atoms with Crippen molar-refractivity contribution in [2.24, 2.45) is 0 Å². The molecule has 194 valence electrons. The van der Waals surface area contributed by atoms with Crippen molar-refractivity contribution >= 4 is 28.7 Å². The molecule has 1 unspecified atom stereocenters. The number of nitrogens with one attached hydrogen (secondary N) is 1. The Hall–Kier alpha value is -4.40. The minimum atomic E-state index is -1.40. The van der Waals surface area contributed by atoms with Crippen molar-refractivity contribution in [2.45, 2.75) is 35.1 Å². The number of aromatic nitrogens is 2. The molecular formula is C31H25N3O4S. The lowest BCUT2D eigenvalue weighted by Gasteiger charge is -2.12. The first-order chi connectivity index (χ1) is 18.9. The van der Waals surface area contributed by atoms with Crippen LogP contribution in [0.5, 0.6) is 0 Å². The molecule has 0 spiro atoms. The van der Waals surface area contributed by atoms with E-state index in [1.807, 2.05) is 97.9 Å². The number of aryl methyl sites for hydroxylation is 1. The molecule has 1 atom stereocenters. The third kappa shape index (κ3) is 4.80. The molecule has 2 aromatic heterocycles. The van der Waals surface area contributed by atoms with E-state index < -0.39 is 22.6 Å². The highest BCUT2D eigenvalue weighted by atomic mass is 32.2. The molecule has 5 aromatic rings. The highest BCUT2D eigenvalue weighted by Crippen LogP contribution is 2.48. The Balaban J connectivity index is 1.22. The van der Waals surface area contributed by atoms with Crippen LogP contribution in [0.15, 0.2) is 112 Å². The minimum absolute atomic E-state index is 0.452. The fourth-order valence-corrected chi connectivity index (χ4v) is 5.67. The average Bonchev–Trinajstić information content (AvgIpc) is 3.73. The van der Waals surface area contributed by atoms with Gasteiger partial charge in [-0.15, -0.1) is 0 Å². The van der Waals surface area contributed by atoms with Crippen LogP contribution in [0.1, 0.15) is 24.1 Å². The van der Waals surface area contributed by atoms with Crippen molar-refractivity contribution in [1.29, 1.82) is 0 Å². The molecule has 0 bridgehead atoms. The molecule has 0 amide bonds. The minimum Gasteiger partial charge on any atom is -0.605 e. The van der Waals surface area contributed by atoms with Gasteiger partial charge in [-0.2, -0.15) is 4.98 Å². The monoisotopic (exact) mass is 535 g/mol. The van der Waals surface area contributed by atoms with Crippen LogP contribution in [-0.2, 0) is 21.4 Å². The van der Waals surface area contributed by atoms with Gasteiger partial charge in [-0.1, -0.05) is 78.0 Å². The van der Waals surface area contributed by atoms with Crippen LogP contribution in [-0.4, -0.2) is 25.8 Å². The fraction of sp³-hybridized carbons (Fsp3) is 0.129. The first kappa shape index (κ1) is 24.9. The van der Waals surface area contributed by atoms with E-state index in [0.29, 0.717) is 45.7 Å². The normalized spacial score (nSPS) is 14.5. The standard InChI is InChI=1S/C31H25N3O4S/c1-20-28(33-26-8-5-9-27(32-26)39(37)25-6-3-2-4-7-25)29(38-34-20)23-12-10-21(11-13-23)22-14-16-24(17-15-22)31(18-19-31)30(35)36/h2-17H,18-19H2,1H3,(H,32,33)(H,35,36). The van der Waals surface area contributed by atoms with Gasteiger partial charge in [-0.05, 0) is 54.7 Å². The number of aliphatic carboxylic acids is 1. The number of nitrogens with zero attached hydrogens (tertiary/aromatic N) is 2. The summed E-state index contributed by atoms with van der Waals surface area (Å²) in [6, 6.07) is 30.3. The van der Waals surface area contributed by atoms with Crippen LogP contribution in [0, 0.1) is 6.92 Å². The Morgan fingerprint density at radius 3 is 2.18 bits per heavy atom. The van der Waals surface area contributed by atoms with Crippen molar-refractivity contribution < 1.29 is 19.0 Å². The maximum atomic E-state index is 13.0. The first-order valence-corrected chi connectivity index (χ1v) is 13.7. The van der Waals surface area contributed by atoms with Crippen molar-refractivity contribution in [3.63, 3.8) is 0 Å². The lowest BCUT2D eigenvalue weighted by Crippen LogP contribution is -2.19. The van der Waals surface area contributed by atoms with Gasteiger partial charge in [0.1, 0.15) is 17.2 Å². The third-order valence-corrected chi connectivity index (χ3v) is 8.37. The lowest BCUT2D eigenvalue weighted by molar-refractivity contribution is -0.140. The summed E-state index contributed by atoms with van der Waals surface area (Å²) in [6.45, 7) is 1.85. The summed E-state index contributed by atoms with van der Waals surface area (Å²) in [4.78, 5) is 16.9. The molecule has 1 aliphatic carbocycles. The maximum Gasteiger partial charge on any atom is 0.314 e. The van der Waals surface area contributed by atoms with Crippen molar-refractivity contribution in [1.82, 2.24) is 10.1 Å². The molecular weight excluding hydrogens is 510 g/mol. The summed E-state index contributed by atoms with van der Waals surface area (Å²) in [5.41, 5.74) is 4.36. The van der Waals surface area contributed by atoms with Gasteiger partial charge in [0.2, 0.25) is 0 Å². The van der Waals surface area contributed by atoms with Gasteiger partial charge in [-0.3, -0.25) is 4.79 Å². The summed E-state index contributed by atoms with van der Waals surface area (Å²) < 4.78 is 18.6. The zero-order valence-corrected chi connectivity index (χ0v) is 21.9. The number of pyridine rings is 1. The molecule has 2 heterocycles. The predicted octanol–water partition coefficient (Wildman–Crippen LogP) is 6.74. The first-order valence-electron chi connectivity index (χ1n) is 12.6. The van der Waals surface area contributed by atoms with E-state index in [9.17, 15) is 14.5 Å². The SMILES string of the molecule is Cc1noc(-c2ccc(-c3ccc(C4(C(=O)O)CC4)cc3)cc2)c1Nc1cccc([S+]([O-])c2ccccc2)n1. The van der Waals surface area contributed by atoms with E-state index >= 15 is 0 Å². The number of carboxylic acid groups (broad SMARTS) is 1. The zero-order valence-electron chi connectivity index (χ0n) is 21.1. The number of carboxylic acids is 1. The smallest absolute Gasteiger partial charge is 0.314 e. The zero-order chi connectivity index (χ0) is 27.0. The third-order valence-electron chi connectivity index (χ3n) is 7.06. The van der Waals surface area contributed by atoms with Crippen LogP contribution < -0.4 is 5.32 Å². The van der Waals surface area contributed by atoms with Gasteiger partial charge in [0.05, 0.1) is 5.41 Å². The van der Waals surface area contributed by atoms with Crippen LogP contribution in [0.3, 0.4) is 0 Å². The number of hydrogen-bond donors (Lipinski definition) is 2. The molecule has 8 heteroatoms. The number of benzene rings is 3. The molecule has 2 N–H and O–H groups in total. The Morgan fingerprint density at radius 1 is 0.897 bits per heavy atom. The summed E-state index contributed by atoms with van der Waals surface area (Å²) >= 11 is -1.40. The van der Waals surface area contributed by atoms with E-state index in [0.717, 1.165) is 22.3 Å². The molecule has 1 fully saturated rings. The molecule has 7 nitrogen and oxygen atoms in total. The van der Waals surface area contributed by atoms with E-state index in [2.05, 4.69) is 15.5 Å². The van der Waals surface area contributed by atoms with E-state index in [1.54, 1.807) is 6.07 Å². The predicted molar refractivity (Wildman–Crippen MR) is 149 cm³/mol. The largest absolute Gasteiger partial charge is 0.605 e. The Kier molecular flexibility index (Phi) is 6.42. The Bertz CT molecular complexity index is 1630. The highest BCUT2D eigenvalue weighted by molar-refractivity contribution is 7.91. The Morgan fingerprint density at radius 2 is 1.54 bits per heavy atom. The van der Waals surface area contributed by atoms with E-state index in [1.165, 1.54) is 0 Å². The molecule has 0 saturated heterocycles. The average molecular weight is 536 g/mol. The van der Waals surface area contributed by atoms with Gasteiger partial charge in [0, 0.05) is 22.8 Å².